The maximum atomic E-state index is 10.3. The first-order valence-corrected chi connectivity index (χ1v) is 4.82. The van der Waals surface area contributed by atoms with Crippen molar-refractivity contribution in [3.63, 3.8) is 0 Å². The second-order valence-electron chi connectivity index (χ2n) is 3.23. The molecule has 0 aliphatic heterocycles. The van der Waals surface area contributed by atoms with Gasteiger partial charge in [-0.15, -0.1) is 0 Å². The SMILES string of the molecule is Cc1cc(C=CCC(=O)O)c(Cl)cc1N. The zero-order chi connectivity index (χ0) is 11.4. The number of anilines is 1. The van der Waals surface area contributed by atoms with Gasteiger partial charge in [-0.1, -0.05) is 23.8 Å². The number of nitrogens with two attached hydrogens (primary N) is 1. The van der Waals surface area contributed by atoms with Gasteiger partial charge in [-0.05, 0) is 30.2 Å². The Morgan fingerprint density at radius 2 is 2.27 bits per heavy atom. The lowest BCUT2D eigenvalue weighted by molar-refractivity contribution is -0.135. The van der Waals surface area contributed by atoms with Crippen LogP contribution in [0.2, 0.25) is 5.02 Å². The van der Waals surface area contributed by atoms with E-state index in [0.29, 0.717) is 10.7 Å². The van der Waals surface area contributed by atoms with Gasteiger partial charge in [0.25, 0.3) is 0 Å². The fraction of sp³-hybridized carbons (Fsp3) is 0.182. The summed E-state index contributed by atoms with van der Waals surface area (Å²) in [4.78, 5) is 10.3. The summed E-state index contributed by atoms with van der Waals surface area (Å²) in [6, 6.07) is 3.49. The third-order valence-corrected chi connectivity index (χ3v) is 2.30. The van der Waals surface area contributed by atoms with Crippen LogP contribution in [-0.2, 0) is 4.79 Å². The molecule has 1 aromatic carbocycles. The molecule has 0 atom stereocenters. The van der Waals surface area contributed by atoms with Crippen molar-refractivity contribution in [1.29, 1.82) is 0 Å². The zero-order valence-corrected chi connectivity index (χ0v) is 9.08. The molecule has 0 unspecified atom stereocenters. The standard InChI is InChI=1S/C11H12ClNO2/c1-7-5-8(3-2-4-11(14)15)9(12)6-10(7)13/h2-3,5-6H,4,13H2,1H3,(H,14,15). The van der Waals surface area contributed by atoms with Crippen molar-refractivity contribution in [2.24, 2.45) is 0 Å². The fourth-order valence-electron chi connectivity index (χ4n) is 1.13. The Morgan fingerprint density at radius 3 is 2.87 bits per heavy atom. The van der Waals surface area contributed by atoms with Crippen molar-refractivity contribution in [3.8, 4) is 0 Å². The summed E-state index contributed by atoms with van der Waals surface area (Å²) in [5.74, 6) is -0.866. The molecule has 1 rings (SSSR count). The predicted molar refractivity (Wildman–Crippen MR) is 61.9 cm³/mol. The van der Waals surface area contributed by atoms with E-state index in [1.165, 1.54) is 0 Å². The Kier molecular flexibility index (Phi) is 3.74. The highest BCUT2D eigenvalue weighted by Gasteiger charge is 2.01. The molecule has 0 heterocycles. The van der Waals surface area contributed by atoms with Gasteiger partial charge in [-0.3, -0.25) is 4.79 Å². The van der Waals surface area contributed by atoms with Crippen LogP contribution in [0.4, 0.5) is 5.69 Å². The molecule has 4 heteroatoms. The van der Waals surface area contributed by atoms with Gasteiger partial charge in [0.15, 0.2) is 0 Å². The lowest BCUT2D eigenvalue weighted by atomic mass is 10.1. The van der Waals surface area contributed by atoms with Crippen LogP contribution in [0.3, 0.4) is 0 Å². The van der Waals surface area contributed by atoms with Crippen molar-refractivity contribution < 1.29 is 9.90 Å². The quantitative estimate of drug-likeness (QED) is 0.778. The topological polar surface area (TPSA) is 63.3 Å². The Labute approximate surface area is 93.2 Å². The summed E-state index contributed by atoms with van der Waals surface area (Å²) < 4.78 is 0. The van der Waals surface area contributed by atoms with Crippen LogP contribution in [-0.4, -0.2) is 11.1 Å². The molecule has 80 valence electrons. The van der Waals surface area contributed by atoms with E-state index in [0.717, 1.165) is 11.1 Å². The largest absolute Gasteiger partial charge is 0.481 e. The predicted octanol–water partition coefficient (Wildman–Crippen LogP) is 2.72. The molecule has 15 heavy (non-hydrogen) atoms. The molecule has 0 fully saturated rings. The molecule has 0 amide bonds. The normalized spacial score (nSPS) is 10.8. The molecule has 0 saturated carbocycles. The maximum absolute atomic E-state index is 10.3. The van der Waals surface area contributed by atoms with Crippen molar-refractivity contribution in [3.05, 3.63) is 34.4 Å². The van der Waals surface area contributed by atoms with Crippen LogP contribution >= 0.6 is 11.6 Å². The number of aliphatic carboxylic acids is 1. The third-order valence-electron chi connectivity index (χ3n) is 1.98. The van der Waals surface area contributed by atoms with Gasteiger partial charge in [0, 0.05) is 10.7 Å². The average molecular weight is 226 g/mol. The Balaban J connectivity index is 2.90. The summed E-state index contributed by atoms with van der Waals surface area (Å²) >= 11 is 5.94. The molecular formula is C11H12ClNO2. The molecule has 0 radical (unpaired) electrons. The maximum Gasteiger partial charge on any atom is 0.307 e. The minimum atomic E-state index is -0.866. The van der Waals surface area contributed by atoms with E-state index in [1.54, 1.807) is 18.2 Å². The highest BCUT2D eigenvalue weighted by Crippen LogP contribution is 2.23. The molecule has 0 saturated heterocycles. The van der Waals surface area contributed by atoms with Crippen LogP contribution < -0.4 is 5.73 Å². The molecule has 3 N–H and O–H groups in total. The lowest BCUT2D eigenvalue weighted by Crippen LogP contribution is -1.92. The van der Waals surface area contributed by atoms with E-state index in [1.807, 2.05) is 13.0 Å². The number of carbonyl (C=O) groups is 1. The van der Waals surface area contributed by atoms with Gasteiger partial charge in [-0.25, -0.2) is 0 Å². The van der Waals surface area contributed by atoms with Crippen LogP contribution in [0.25, 0.3) is 6.08 Å². The average Bonchev–Trinajstić information content (AvgIpc) is 2.13. The van der Waals surface area contributed by atoms with Gasteiger partial charge in [0.05, 0.1) is 6.42 Å². The first-order valence-electron chi connectivity index (χ1n) is 4.44. The molecule has 0 aromatic heterocycles. The minimum absolute atomic E-state index is 0.0141. The van der Waals surface area contributed by atoms with Crippen LogP contribution in [0.5, 0.6) is 0 Å². The molecule has 0 bridgehead atoms. The monoisotopic (exact) mass is 225 g/mol. The number of carboxylic acid groups (broad SMARTS) is 1. The molecule has 1 aromatic rings. The summed E-state index contributed by atoms with van der Waals surface area (Å²) in [5, 5.41) is 8.98. The summed E-state index contributed by atoms with van der Waals surface area (Å²) in [5.41, 5.74) is 8.01. The van der Waals surface area contributed by atoms with E-state index in [4.69, 9.17) is 22.4 Å². The summed E-state index contributed by atoms with van der Waals surface area (Å²) in [6.07, 6.45) is 3.22. The van der Waals surface area contributed by atoms with Gasteiger partial charge < -0.3 is 10.8 Å². The number of benzene rings is 1. The Bertz CT molecular complexity index is 413. The van der Waals surface area contributed by atoms with Crippen molar-refractivity contribution >= 4 is 29.3 Å². The Morgan fingerprint density at radius 1 is 1.60 bits per heavy atom. The lowest BCUT2D eigenvalue weighted by Gasteiger charge is -2.03. The van der Waals surface area contributed by atoms with E-state index < -0.39 is 5.97 Å². The van der Waals surface area contributed by atoms with Crippen molar-refractivity contribution in [1.82, 2.24) is 0 Å². The zero-order valence-electron chi connectivity index (χ0n) is 8.33. The van der Waals surface area contributed by atoms with Crippen LogP contribution in [0.15, 0.2) is 18.2 Å². The molecule has 0 aliphatic carbocycles. The highest BCUT2D eigenvalue weighted by atomic mass is 35.5. The fourth-order valence-corrected chi connectivity index (χ4v) is 1.37. The molecule has 0 aliphatic rings. The number of carboxylic acids is 1. The van der Waals surface area contributed by atoms with E-state index in [-0.39, 0.29) is 6.42 Å². The highest BCUT2D eigenvalue weighted by molar-refractivity contribution is 6.32. The third kappa shape index (κ3) is 3.29. The van der Waals surface area contributed by atoms with Crippen molar-refractivity contribution in [2.45, 2.75) is 13.3 Å². The second kappa shape index (κ2) is 4.84. The number of halogens is 1. The number of hydrogen-bond donors (Lipinski definition) is 2. The van der Waals surface area contributed by atoms with E-state index in [9.17, 15) is 4.79 Å². The number of aryl methyl sites for hydroxylation is 1. The van der Waals surface area contributed by atoms with Gasteiger partial charge >= 0.3 is 5.97 Å². The van der Waals surface area contributed by atoms with Gasteiger partial charge in [0.1, 0.15) is 0 Å². The Hall–Kier alpha value is -1.48. The first-order chi connectivity index (χ1) is 7.00. The molecule has 0 spiro atoms. The number of hydrogen-bond acceptors (Lipinski definition) is 2. The first kappa shape index (κ1) is 11.6. The number of nitrogen functional groups attached to an aromatic ring is 1. The second-order valence-corrected chi connectivity index (χ2v) is 3.64. The van der Waals surface area contributed by atoms with Crippen LogP contribution in [0, 0.1) is 6.92 Å². The van der Waals surface area contributed by atoms with Gasteiger partial charge in [-0.2, -0.15) is 0 Å². The molecule has 3 nitrogen and oxygen atoms in total. The van der Waals surface area contributed by atoms with Crippen molar-refractivity contribution in [2.75, 3.05) is 5.73 Å². The number of rotatable bonds is 3. The van der Waals surface area contributed by atoms with Gasteiger partial charge in [0.2, 0.25) is 0 Å². The molecular weight excluding hydrogens is 214 g/mol. The smallest absolute Gasteiger partial charge is 0.307 e. The van der Waals surface area contributed by atoms with Crippen LogP contribution in [0.1, 0.15) is 17.5 Å². The van der Waals surface area contributed by atoms with E-state index >= 15 is 0 Å². The summed E-state index contributed by atoms with van der Waals surface area (Å²) in [7, 11) is 0. The van der Waals surface area contributed by atoms with E-state index in [2.05, 4.69) is 0 Å². The summed E-state index contributed by atoms with van der Waals surface area (Å²) in [6.45, 7) is 1.88. The minimum Gasteiger partial charge on any atom is -0.481 e.